The monoisotopic (exact) mass is 451 g/mol. The van der Waals surface area contributed by atoms with Gasteiger partial charge in [-0.05, 0) is 42.3 Å². The maximum Gasteiger partial charge on any atom is 0.461 e. The first kappa shape index (κ1) is 24.5. The first-order chi connectivity index (χ1) is 14.3. The molecule has 31 heavy (non-hydrogen) atoms. The van der Waals surface area contributed by atoms with Gasteiger partial charge in [0.2, 0.25) is 0 Å². The van der Waals surface area contributed by atoms with Gasteiger partial charge in [0, 0.05) is 12.2 Å². The molecule has 10 heteroatoms. The Balaban J connectivity index is 2.34. The molecule has 2 rings (SSSR count). The van der Waals surface area contributed by atoms with E-state index in [1.807, 2.05) is 0 Å². The van der Waals surface area contributed by atoms with E-state index in [-0.39, 0.29) is 12.1 Å². The maximum atomic E-state index is 13.2. The fourth-order valence-electron chi connectivity index (χ4n) is 2.67. The molecule has 1 atom stereocenters. The number of nitrogens with zero attached hydrogens (tertiary/aromatic N) is 1. The van der Waals surface area contributed by atoms with Crippen molar-refractivity contribution in [3.05, 3.63) is 66.2 Å². The van der Waals surface area contributed by atoms with Gasteiger partial charge in [-0.3, -0.25) is 0 Å². The molecule has 2 aromatic rings. The van der Waals surface area contributed by atoms with E-state index < -0.39 is 37.1 Å². The van der Waals surface area contributed by atoms with Crippen molar-refractivity contribution in [3.63, 3.8) is 0 Å². The van der Waals surface area contributed by atoms with Crippen molar-refractivity contribution in [3.8, 4) is 5.75 Å². The van der Waals surface area contributed by atoms with E-state index in [1.54, 1.807) is 25.1 Å². The zero-order chi connectivity index (χ0) is 23.4. The van der Waals surface area contributed by atoms with Gasteiger partial charge < -0.3 is 14.7 Å². The molecule has 0 spiro atoms. The van der Waals surface area contributed by atoms with Crippen molar-refractivity contribution in [2.24, 2.45) is 0 Å². The highest BCUT2D eigenvalue weighted by Crippen LogP contribution is 2.30. The lowest BCUT2D eigenvalue weighted by Crippen LogP contribution is -2.41. The predicted molar refractivity (Wildman–Crippen MR) is 102 cm³/mol. The lowest BCUT2D eigenvalue weighted by molar-refractivity contribution is -0.253. The van der Waals surface area contributed by atoms with Crippen LogP contribution in [0.1, 0.15) is 18.1 Å². The Morgan fingerprint density at radius 1 is 1.06 bits per heavy atom. The minimum atomic E-state index is -4.88. The van der Waals surface area contributed by atoms with Gasteiger partial charge in [-0.15, -0.1) is 0 Å². The number of rotatable bonds is 9. The Labute approximate surface area is 174 Å². The van der Waals surface area contributed by atoms with E-state index >= 15 is 0 Å². The van der Waals surface area contributed by atoms with Gasteiger partial charge in [-0.2, -0.15) is 30.7 Å². The molecule has 170 valence electrons. The molecule has 0 saturated carbocycles. The molecular formula is C21H20F7NO2. The summed E-state index contributed by atoms with van der Waals surface area (Å²) in [6.45, 7) is 4.39. The van der Waals surface area contributed by atoms with Crippen molar-refractivity contribution >= 4 is 11.3 Å². The first-order valence-corrected chi connectivity index (χ1v) is 8.99. The normalized spacial score (nSPS) is 13.2. The van der Waals surface area contributed by atoms with Gasteiger partial charge in [-0.1, -0.05) is 36.4 Å². The molecule has 0 radical (unpaired) electrons. The van der Waals surface area contributed by atoms with Crippen LogP contribution in [0.3, 0.4) is 0 Å². The third kappa shape index (κ3) is 6.88. The molecule has 0 bridgehead atoms. The number of anilines is 1. The third-order valence-electron chi connectivity index (χ3n) is 4.26. The van der Waals surface area contributed by atoms with E-state index in [9.17, 15) is 35.8 Å². The number of hydrogen-bond acceptors (Lipinski definition) is 3. The zero-order valence-electron chi connectivity index (χ0n) is 16.3. The Kier molecular flexibility index (Phi) is 7.58. The number of allylic oxidation sites excluding steroid dienone is 1. The summed E-state index contributed by atoms with van der Waals surface area (Å²) in [6, 6.07) is 11.1. The SMILES string of the molecule is C=C(C)c1cccc(N(Cc2cccc(OC(F)(F)C(F)F)c2)CC(O)C(F)(F)F)c1. The summed E-state index contributed by atoms with van der Waals surface area (Å²) in [5.74, 6) is -0.574. The molecule has 0 heterocycles. The van der Waals surface area contributed by atoms with Gasteiger partial charge in [0.25, 0.3) is 0 Å². The minimum Gasteiger partial charge on any atom is -0.428 e. The Bertz CT molecular complexity index is 899. The van der Waals surface area contributed by atoms with Crippen LogP contribution in [0.2, 0.25) is 0 Å². The van der Waals surface area contributed by atoms with Crippen LogP contribution in [0.5, 0.6) is 5.75 Å². The zero-order valence-corrected chi connectivity index (χ0v) is 16.3. The summed E-state index contributed by atoms with van der Waals surface area (Å²) in [4.78, 5) is 1.19. The van der Waals surface area contributed by atoms with Crippen LogP contribution in [-0.4, -0.2) is 36.5 Å². The first-order valence-electron chi connectivity index (χ1n) is 8.99. The molecule has 0 aliphatic carbocycles. The van der Waals surface area contributed by atoms with Crippen molar-refractivity contribution in [1.82, 2.24) is 0 Å². The van der Waals surface area contributed by atoms with Crippen molar-refractivity contribution in [2.75, 3.05) is 11.4 Å². The average molecular weight is 451 g/mol. The van der Waals surface area contributed by atoms with E-state index in [2.05, 4.69) is 11.3 Å². The molecule has 0 aliphatic heterocycles. The van der Waals surface area contributed by atoms with Gasteiger partial charge in [-0.25, -0.2) is 0 Å². The summed E-state index contributed by atoms with van der Waals surface area (Å²) in [5, 5.41) is 9.55. The standard InChI is InChI=1S/C21H20F7NO2/c1-13(2)15-6-4-7-16(10-15)29(12-18(30)20(24,25)26)11-14-5-3-8-17(9-14)31-21(27,28)19(22)23/h3-10,18-19,30H,1,11-12H2,2H3. The summed E-state index contributed by atoms with van der Waals surface area (Å²) in [5.41, 5.74) is 1.83. The quantitative estimate of drug-likeness (QED) is 0.483. The van der Waals surface area contributed by atoms with E-state index in [0.29, 0.717) is 16.8 Å². The summed E-state index contributed by atoms with van der Waals surface area (Å²) < 4.78 is 93.9. The van der Waals surface area contributed by atoms with Crippen molar-refractivity contribution in [2.45, 2.75) is 38.3 Å². The van der Waals surface area contributed by atoms with Gasteiger partial charge in [0.05, 0.1) is 6.54 Å². The fraction of sp³-hybridized carbons (Fsp3) is 0.333. The highest BCUT2D eigenvalue weighted by atomic mass is 19.4. The highest BCUT2D eigenvalue weighted by Gasteiger charge is 2.44. The highest BCUT2D eigenvalue weighted by molar-refractivity contribution is 5.66. The molecule has 0 aliphatic rings. The maximum absolute atomic E-state index is 13.2. The van der Waals surface area contributed by atoms with E-state index in [1.165, 1.54) is 23.1 Å². The molecule has 3 nitrogen and oxygen atoms in total. The van der Waals surface area contributed by atoms with Crippen molar-refractivity contribution in [1.29, 1.82) is 0 Å². The number of aliphatic hydroxyl groups excluding tert-OH is 1. The Morgan fingerprint density at radius 2 is 1.71 bits per heavy atom. The van der Waals surface area contributed by atoms with Gasteiger partial charge >= 0.3 is 18.7 Å². The van der Waals surface area contributed by atoms with Crippen LogP contribution < -0.4 is 9.64 Å². The Morgan fingerprint density at radius 3 is 2.29 bits per heavy atom. The van der Waals surface area contributed by atoms with E-state index in [0.717, 1.165) is 12.1 Å². The minimum absolute atomic E-state index is 0.206. The second-order valence-electron chi connectivity index (χ2n) is 6.88. The molecular weight excluding hydrogens is 431 g/mol. The summed E-state index contributed by atoms with van der Waals surface area (Å²) >= 11 is 0. The lowest BCUT2D eigenvalue weighted by atomic mass is 10.1. The third-order valence-corrected chi connectivity index (χ3v) is 4.26. The van der Waals surface area contributed by atoms with Gasteiger partial charge in [0.15, 0.2) is 6.10 Å². The van der Waals surface area contributed by atoms with Gasteiger partial charge in [0.1, 0.15) is 5.75 Å². The second kappa shape index (κ2) is 9.59. The molecule has 0 saturated heterocycles. The Hall–Kier alpha value is -2.75. The molecule has 0 amide bonds. The summed E-state index contributed by atoms with van der Waals surface area (Å²) in [7, 11) is 0. The lowest BCUT2D eigenvalue weighted by Gasteiger charge is -2.29. The van der Waals surface area contributed by atoms with E-state index in [4.69, 9.17) is 0 Å². The largest absolute Gasteiger partial charge is 0.461 e. The summed E-state index contributed by atoms with van der Waals surface area (Å²) in [6.07, 6.45) is -16.3. The number of alkyl halides is 7. The van der Waals surface area contributed by atoms with Crippen molar-refractivity contribution < 1.29 is 40.6 Å². The number of hydrogen-bond donors (Lipinski definition) is 1. The fourth-order valence-corrected chi connectivity index (χ4v) is 2.67. The molecule has 1 unspecified atom stereocenters. The molecule has 0 fully saturated rings. The predicted octanol–water partition coefficient (Wildman–Crippen LogP) is 5.89. The van der Waals surface area contributed by atoms with Crippen LogP contribution in [0.15, 0.2) is 55.1 Å². The number of benzene rings is 2. The molecule has 0 aromatic heterocycles. The smallest absolute Gasteiger partial charge is 0.428 e. The van der Waals surface area contributed by atoms with Crippen LogP contribution in [0.25, 0.3) is 5.57 Å². The van der Waals surface area contributed by atoms with Crippen LogP contribution in [0, 0.1) is 0 Å². The number of ether oxygens (including phenoxy) is 1. The van der Waals surface area contributed by atoms with Crippen LogP contribution >= 0.6 is 0 Å². The second-order valence-corrected chi connectivity index (χ2v) is 6.88. The molecule has 2 aromatic carbocycles. The molecule has 1 N–H and O–H groups in total. The van der Waals surface area contributed by atoms with Crippen LogP contribution in [-0.2, 0) is 6.54 Å². The van der Waals surface area contributed by atoms with Crippen LogP contribution in [0.4, 0.5) is 36.4 Å². The average Bonchev–Trinajstić information content (AvgIpc) is 2.66. The number of aliphatic hydroxyl groups is 1. The topological polar surface area (TPSA) is 32.7 Å². The number of halogens is 7.